The average Bonchev–Trinajstić information content (AvgIpc) is 3.48. The molecule has 0 saturated carbocycles. The molecule has 2 aromatic heterocycles. The number of hydrogen-bond donors (Lipinski definition) is 1. The fourth-order valence-corrected chi connectivity index (χ4v) is 5.67. The largest absolute Gasteiger partial charge is 0.439 e. The number of carbonyl (C=O) groups is 1. The van der Waals surface area contributed by atoms with Crippen LogP contribution in [0.4, 0.5) is 0 Å². The summed E-state index contributed by atoms with van der Waals surface area (Å²) in [6.07, 6.45) is 0. The van der Waals surface area contributed by atoms with Gasteiger partial charge in [0.1, 0.15) is 0 Å². The maximum Gasteiger partial charge on any atom is 0.287 e. The molecule has 1 aromatic carbocycles. The van der Waals surface area contributed by atoms with Crippen LogP contribution in [0.5, 0.6) is 0 Å². The SMILES string of the molecule is O=C(NCC(c1cccs1)N1CCOCC1)c1ccc(S(=O)(=O)c2ccc(Br)cc2)o1. The van der Waals surface area contributed by atoms with Crippen LogP contribution in [0.15, 0.2) is 72.8 Å². The Morgan fingerprint density at radius 2 is 1.87 bits per heavy atom. The van der Waals surface area contributed by atoms with Crippen LogP contribution < -0.4 is 5.32 Å². The zero-order valence-electron chi connectivity index (χ0n) is 16.5. The lowest BCUT2D eigenvalue weighted by molar-refractivity contribution is 0.0168. The predicted octanol–water partition coefficient (Wildman–Crippen LogP) is 3.74. The molecule has 1 N–H and O–H groups in total. The minimum atomic E-state index is -3.84. The number of ether oxygens (including phenoxy) is 1. The quantitative estimate of drug-likeness (QED) is 0.506. The number of nitrogens with zero attached hydrogens (tertiary/aromatic N) is 1. The molecule has 0 aliphatic carbocycles. The van der Waals surface area contributed by atoms with E-state index in [1.54, 1.807) is 23.5 Å². The molecule has 3 aromatic rings. The smallest absolute Gasteiger partial charge is 0.287 e. The van der Waals surface area contributed by atoms with Gasteiger partial charge in [0.15, 0.2) is 5.76 Å². The first kappa shape index (κ1) is 22.2. The highest BCUT2D eigenvalue weighted by molar-refractivity contribution is 9.10. The van der Waals surface area contributed by atoms with Gasteiger partial charge in [-0.1, -0.05) is 22.0 Å². The van der Waals surface area contributed by atoms with E-state index in [1.807, 2.05) is 17.5 Å². The third kappa shape index (κ3) is 5.09. The first-order valence-electron chi connectivity index (χ1n) is 9.69. The van der Waals surface area contributed by atoms with Gasteiger partial charge in [0.05, 0.1) is 24.2 Å². The number of sulfone groups is 1. The summed E-state index contributed by atoms with van der Waals surface area (Å²) in [4.78, 5) is 16.2. The number of nitrogens with one attached hydrogen (secondary N) is 1. The summed E-state index contributed by atoms with van der Waals surface area (Å²) in [6.45, 7) is 3.27. The van der Waals surface area contributed by atoms with E-state index in [4.69, 9.17) is 9.15 Å². The molecule has 10 heteroatoms. The third-order valence-electron chi connectivity index (χ3n) is 5.01. The second-order valence-corrected chi connectivity index (χ2v) is 10.7. The maximum atomic E-state index is 12.8. The minimum Gasteiger partial charge on any atom is -0.439 e. The van der Waals surface area contributed by atoms with E-state index in [-0.39, 0.29) is 21.8 Å². The number of furan rings is 1. The topological polar surface area (TPSA) is 88.9 Å². The zero-order chi connectivity index (χ0) is 21.8. The van der Waals surface area contributed by atoms with Crippen LogP contribution in [0.2, 0.25) is 0 Å². The monoisotopic (exact) mass is 524 g/mol. The minimum absolute atomic E-state index is 0.0220. The number of amides is 1. The molecule has 164 valence electrons. The molecule has 0 spiro atoms. The standard InChI is InChI=1S/C21H21BrN2O5S2/c22-15-3-5-16(6-4-15)31(26,27)20-8-7-18(29-20)21(25)23-14-17(19-2-1-13-30-19)24-9-11-28-12-10-24/h1-8,13,17H,9-12,14H2,(H,23,25). The fraction of sp³-hybridized carbons (Fsp3) is 0.286. The number of morpholine rings is 1. The van der Waals surface area contributed by atoms with Crippen molar-refractivity contribution in [2.24, 2.45) is 0 Å². The molecule has 1 aliphatic rings. The van der Waals surface area contributed by atoms with Crippen LogP contribution in [0, 0.1) is 0 Å². The van der Waals surface area contributed by atoms with Gasteiger partial charge in [-0.3, -0.25) is 9.69 Å². The molecule has 4 rings (SSSR count). The van der Waals surface area contributed by atoms with E-state index in [0.717, 1.165) is 22.4 Å². The molecule has 7 nitrogen and oxygen atoms in total. The fourth-order valence-electron chi connectivity index (χ4n) is 3.37. The zero-order valence-corrected chi connectivity index (χ0v) is 19.7. The Morgan fingerprint density at radius 1 is 1.13 bits per heavy atom. The van der Waals surface area contributed by atoms with Crippen molar-refractivity contribution in [3.05, 3.63) is 69.0 Å². The molecular formula is C21H21BrN2O5S2. The molecule has 1 atom stereocenters. The number of rotatable bonds is 7. The van der Waals surface area contributed by atoms with Gasteiger partial charge in [-0.25, -0.2) is 8.42 Å². The van der Waals surface area contributed by atoms with E-state index in [2.05, 4.69) is 26.1 Å². The molecule has 1 aliphatic heterocycles. The Labute approximate surface area is 193 Å². The lowest BCUT2D eigenvalue weighted by Crippen LogP contribution is -2.43. The summed E-state index contributed by atoms with van der Waals surface area (Å²) in [7, 11) is -3.84. The Hall–Kier alpha value is -1.98. The van der Waals surface area contributed by atoms with Gasteiger partial charge < -0.3 is 14.5 Å². The van der Waals surface area contributed by atoms with Gasteiger partial charge in [0.2, 0.25) is 14.9 Å². The molecule has 1 unspecified atom stereocenters. The lowest BCUT2D eigenvalue weighted by Gasteiger charge is -2.34. The Bertz CT molecular complexity index is 1120. The summed E-state index contributed by atoms with van der Waals surface area (Å²) in [5.74, 6) is -0.491. The van der Waals surface area contributed by atoms with Crippen molar-refractivity contribution >= 4 is 43.0 Å². The van der Waals surface area contributed by atoms with Crippen molar-refractivity contribution in [3.8, 4) is 0 Å². The van der Waals surface area contributed by atoms with Gasteiger partial charge in [0, 0.05) is 29.0 Å². The predicted molar refractivity (Wildman–Crippen MR) is 120 cm³/mol. The summed E-state index contributed by atoms with van der Waals surface area (Å²) >= 11 is 4.92. The van der Waals surface area contributed by atoms with Crippen LogP contribution in [0.1, 0.15) is 21.5 Å². The maximum absolute atomic E-state index is 12.8. The molecular weight excluding hydrogens is 504 g/mol. The molecule has 1 saturated heterocycles. The highest BCUT2D eigenvalue weighted by atomic mass is 79.9. The Morgan fingerprint density at radius 3 is 2.55 bits per heavy atom. The van der Waals surface area contributed by atoms with Gasteiger partial charge in [-0.05, 0) is 47.8 Å². The Kier molecular flexibility index (Phi) is 6.92. The summed E-state index contributed by atoms with van der Waals surface area (Å²) in [6, 6.07) is 13.0. The van der Waals surface area contributed by atoms with Gasteiger partial charge in [-0.15, -0.1) is 11.3 Å². The van der Waals surface area contributed by atoms with E-state index < -0.39 is 15.7 Å². The van der Waals surface area contributed by atoms with E-state index in [0.29, 0.717) is 19.8 Å². The number of hydrogen-bond acceptors (Lipinski definition) is 7. The van der Waals surface area contributed by atoms with Crippen molar-refractivity contribution in [3.63, 3.8) is 0 Å². The van der Waals surface area contributed by atoms with Gasteiger partial charge >= 0.3 is 0 Å². The highest BCUT2D eigenvalue weighted by Gasteiger charge is 2.26. The van der Waals surface area contributed by atoms with Gasteiger partial charge in [0.25, 0.3) is 5.91 Å². The number of benzene rings is 1. The van der Waals surface area contributed by atoms with Gasteiger partial charge in [-0.2, -0.15) is 0 Å². The third-order valence-corrected chi connectivity index (χ3v) is 8.15. The van der Waals surface area contributed by atoms with Crippen molar-refractivity contribution < 1.29 is 22.4 Å². The summed E-state index contributed by atoms with van der Waals surface area (Å²) in [5.41, 5.74) is 0. The molecule has 1 fully saturated rings. The number of thiophene rings is 1. The van der Waals surface area contributed by atoms with E-state index >= 15 is 0 Å². The van der Waals surface area contributed by atoms with Crippen molar-refractivity contribution in [1.29, 1.82) is 0 Å². The second kappa shape index (κ2) is 9.66. The van der Waals surface area contributed by atoms with Crippen LogP contribution in [-0.4, -0.2) is 52.1 Å². The first-order chi connectivity index (χ1) is 14.9. The van der Waals surface area contributed by atoms with E-state index in [9.17, 15) is 13.2 Å². The van der Waals surface area contributed by atoms with Crippen molar-refractivity contribution in [2.45, 2.75) is 16.0 Å². The van der Waals surface area contributed by atoms with Crippen molar-refractivity contribution in [2.75, 3.05) is 32.8 Å². The number of carbonyl (C=O) groups excluding carboxylic acids is 1. The van der Waals surface area contributed by atoms with Crippen molar-refractivity contribution in [1.82, 2.24) is 10.2 Å². The van der Waals surface area contributed by atoms with Crippen LogP contribution in [0.25, 0.3) is 0 Å². The molecule has 3 heterocycles. The Balaban J connectivity index is 1.46. The normalized spacial score (nSPS) is 16.2. The highest BCUT2D eigenvalue weighted by Crippen LogP contribution is 2.27. The van der Waals surface area contributed by atoms with Crippen LogP contribution in [-0.2, 0) is 14.6 Å². The number of halogens is 1. The lowest BCUT2D eigenvalue weighted by atomic mass is 10.2. The summed E-state index contributed by atoms with van der Waals surface area (Å²) in [5, 5.41) is 4.64. The summed E-state index contributed by atoms with van der Waals surface area (Å²) < 4.78 is 37.1. The second-order valence-electron chi connectivity index (χ2n) is 6.97. The van der Waals surface area contributed by atoms with E-state index in [1.165, 1.54) is 24.3 Å². The molecule has 31 heavy (non-hydrogen) atoms. The average molecular weight is 525 g/mol. The van der Waals surface area contributed by atoms with Crippen LogP contribution >= 0.6 is 27.3 Å². The first-order valence-corrected chi connectivity index (χ1v) is 12.8. The molecule has 0 bridgehead atoms. The molecule has 1 amide bonds. The van der Waals surface area contributed by atoms with Crippen LogP contribution in [0.3, 0.4) is 0 Å². The molecule has 0 radical (unpaired) electrons.